The van der Waals surface area contributed by atoms with Gasteiger partial charge in [-0.1, -0.05) is 6.07 Å². The number of carbonyl (C=O) groups is 1. The van der Waals surface area contributed by atoms with Gasteiger partial charge in [-0.05, 0) is 54.1 Å². The molecule has 1 amide bonds. The highest BCUT2D eigenvalue weighted by molar-refractivity contribution is 6.54. The number of halogens is 4. The van der Waals surface area contributed by atoms with Gasteiger partial charge in [-0.2, -0.15) is 18.2 Å². The third-order valence-electron chi connectivity index (χ3n) is 8.42. The highest BCUT2D eigenvalue weighted by atomic mass is 19.4. The quantitative estimate of drug-likeness (QED) is 0.242. The molecule has 6 rings (SSSR count). The Kier molecular flexibility index (Phi) is 9.28. The summed E-state index contributed by atoms with van der Waals surface area (Å²) < 4.78 is 70.4. The highest BCUT2D eigenvalue weighted by Crippen LogP contribution is 2.39. The summed E-state index contributed by atoms with van der Waals surface area (Å²) in [6, 6.07) is 12.8. The summed E-state index contributed by atoms with van der Waals surface area (Å²) in [5, 5.41) is 0. The number of nitrogens with zero attached hydrogens (tertiary/aromatic N) is 6. The van der Waals surface area contributed by atoms with E-state index in [1.165, 1.54) is 56.7 Å². The van der Waals surface area contributed by atoms with E-state index in [9.17, 15) is 22.4 Å². The molecule has 2 aliphatic heterocycles. The minimum Gasteiger partial charge on any atom is -0.493 e. The number of nitrogen functional groups attached to an aromatic ring is 1. The van der Waals surface area contributed by atoms with Crippen LogP contribution in [-0.2, 0) is 17.4 Å². The van der Waals surface area contributed by atoms with Gasteiger partial charge in [0.25, 0.3) is 11.9 Å². The molecule has 0 unspecified atom stereocenters. The van der Waals surface area contributed by atoms with Gasteiger partial charge >= 0.3 is 6.18 Å². The first-order valence-corrected chi connectivity index (χ1v) is 15.2. The second-order valence-corrected chi connectivity index (χ2v) is 11.4. The van der Waals surface area contributed by atoms with E-state index in [-0.39, 0.29) is 29.7 Å². The number of piperazine rings is 1. The number of anilines is 3. The topological polar surface area (TPSA) is 119 Å². The average molecular weight is 680 g/mol. The second-order valence-electron chi connectivity index (χ2n) is 11.4. The largest absolute Gasteiger partial charge is 0.493 e. The standard InChI is InChI=1S/C34H33F4N7O4/c1-47-27-14-20(15-28(48-2)30(27)49-3)13-21-18-40-33(42-31(21)39)41-29-25-17-23(35)7-8-26(25)45(32(29)46)19-43-9-11-44(12-10-43)24-6-4-5-22(16-24)34(36,37)38/h4-8,14-18H,9-13,19H2,1-3H3,(H2,39,40,42)/b41-29-. The first-order valence-electron chi connectivity index (χ1n) is 15.2. The Morgan fingerprint density at radius 1 is 0.939 bits per heavy atom. The van der Waals surface area contributed by atoms with Crippen LogP contribution >= 0.6 is 0 Å². The van der Waals surface area contributed by atoms with Crippen LogP contribution in [0.25, 0.3) is 0 Å². The predicted molar refractivity (Wildman–Crippen MR) is 176 cm³/mol. The lowest BCUT2D eigenvalue weighted by Gasteiger charge is -2.37. The molecule has 1 aromatic heterocycles. The molecule has 0 saturated carbocycles. The maximum atomic E-state index is 14.4. The molecule has 1 fully saturated rings. The van der Waals surface area contributed by atoms with Crippen LogP contribution < -0.4 is 29.7 Å². The van der Waals surface area contributed by atoms with Crippen molar-refractivity contribution in [3.8, 4) is 17.2 Å². The van der Waals surface area contributed by atoms with Crippen molar-refractivity contribution in [3.63, 3.8) is 0 Å². The van der Waals surface area contributed by atoms with Crippen molar-refractivity contribution in [1.82, 2.24) is 14.9 Å². The maximum absolute atomic E-state index is 14.4. The van der Waals surface area contributed by atoms with Crippen molar-refractivity contribution in [2.24, 2.45) is 4.99 Å². The molecule has 256 valence electrons. The van der Waals surface area contributed by atoms with E-state index in [0.29, 0.717) is 66.8 Å². The molecule has 0 radical (unpaired) electrons. The Balaban J connectivity index is 1.19. The number of alkyl halides is 3. The number of hydrogen-bond acceptors (Lipinski definition) is 10. The number of methoxy groups -OCH3 is 3. The Morgan fingerprint density at radius 2 is 1.65 bits per heavy atom. The Hall–Kier alpha value is -5.44. The molecule has 0 bridgehead atoms. The molecule has 49 heavy (non-hydrogen) atoms. The molecule has 1 saturated heterocycles. The van der Waals surface area contributed by atoms with E-state index in [1.54, 1.807) is 18.2 Å². The fraction of sp³-hybridized carbons (Fsp3) is 0.294. The second kappa shape index (κ2) is 13.6. The molecule has 3 aromatic carbocycles. The van der Waals surface area contributed by atoms with Crippen LogP contribution in [0.1, 0.15) is 22.3 Å². The number of aliphatic imine (C=N–C) groups is 1. The number of amides is 1. The Bertz CT molecular complexity index is 1890. The molecular weight excluding hydrogens is 646 g/mol. The molecule has 3 heterocycles. The minimum absolute atomic E-state index is 0.0334. The normalized spacial score (nSPS) is 15.9. The van der Waals surface area contributed by atoms with Crippen LogP contribution in [0.2, 0.25) is 0 Å². The van der Waals surface area contributed by atoms with Crippen molar-refractivity contribution in [1.29, 1.82) is 0 Å². The Labute approximate surface area is 279 Å². The van der Waals surface area contributed by atoms with Gasteiger partial charge in [0.05, 0.1) is 39.2 Å². The van der Waals surface area contributed by atoms with E-state index in [0.717, 1.165) is 17.7 Å². The maximum Gasteiger partial charge on any atom is 0.416 e. The molecule has 4 aromatic rings. The van der Waals surface area contributed by atoms with Gasteiger partial charge < -0.3 is 24.8 Å². The molecular formula is C34H33F4N7O4. The van der Waals surface area contributed by atoms with Crippen molar-refractivity contribution < 1.29 is 36.6 Å². The van der Waals surface area contributed by atoms with Gasteiger partial charge in [-0.15, -0.1) is 0 Å². The lowest BCUT2D eigenvalue weighted by atomic mass is 10.1. The van der Waals surface area contributed by atoms with E-state index in [1.807, 2.05) is 9.80 Å². The molecule has 11 nitrogen and oxygen atoms in total. The monoisotopic (exact) mass is 679 g/mol. The fourth-order valence-electron chi connectivity index (χ4n) is 5.92. The third-order valence-corrected chi connectivity index (χ3v) is 8.42. The van der Waals surface area contributed by atoms with Gasteiger partial charge in [-0.25, -0.2) is 14.4 Å². The van der Waals surface area contributed by atoms with Gasteiger partial charge in [0.1, 0.15) is 17.3 Å². The van der Waals surface area contributed by atoms with E-state index < -0.39 is 23.5 Å². The molecule has 0 spiro atoms. The predicted octanol–water partition coefficient (Wildman–Crippen LogP) is 5.08. The van der Waals surface area contributed by atoms with Crippen LogP contribution in [0.5, 0.6) is 17.2 Å². The Morgan fingerprint density at radius 3 is 2.29 bits per heavy atom. The lowest BCUT2D eigenvalue weighted by Crippen LogP contribution is -2.51. The molecule has 2 aliphatic rings. The number of carbonyl (C=O) groups excluding carboxylic acids is 1. The molecule has 15 heteroatoms. The van der Waals surface area contributed by atoms with Crippen LogP contribution in [0, 0.1) is 5.82 Å². The van der Waals surface area contributed by atoms with Crippen LogP contribution in [0.15, 0.2) is 65.8 Å². The minimum atomic E-state index is -4.43. The summed E-state index contributed by atoms with van der Waals surface area (Å²) in [4.78, 5) is 32.2. The number of aromatic nitrogens is 2. The number of hydrogen-bond donors (Lipinski definition) is 1. The van der Waals surface area contributed by atoms with Crippen molar-refractivity contribution in [2.75, 3.05) is 69.7 Å². The number of rotatable bonds is 9. The molecule has 0 aliphatic carbocycles. The van der Waals surface area contributed by atoms with E-state index in [2.05, 4.69) is 15.0 Å². The SMILES string of the molecule is COc1cc(Cc2cnc(/N=C3\C(=O)N(CN4CCN(c5cccc(C(F)(F)F)c5)CC4)c4ccc(F)cc43)nc2N)cc(OC)c1OC. The van der Waals surface area contributed by atoms with Gasteiger partial charge in [-0.3, -0.25) is 14.6 Å². The smallest absolute Gasteiger partial charge is 0.416 e. The fourth-order valence-corrected chi connectivity index (χ4v) is 5.92. The van der Waals surface area contributed by atoms with Gasteiger partial charge in [0.2, 0.25) is 5.75 Å². The average Bonchev–Trinajstić information content (AvgIpc) is 3.34. The first-order chi connectivity index (χ1) is 23.5. The summed E-state index contributed by atoms with van der Waals surface area (Å²) in [6.45, 7) is 2.04. The van der Waals surface area contributed by atoms with Crippen molar-refractivity contribution in [3.05, 3.63) is 88.9 Å². The number of benzene rings is 3. The number of fused-ring (bicyclic) bond motifs is 1. The van der Waals surface area contributed by atoms with Gasteiger partial charge in [0, 0.05) is 55.6 Å². The van der Waals surface area contributed by atoms with Crippen molar-refractivity contribution in [2.45, 2.75) is 12.6 Å². The molecule has 0 atom stereocenters. The molecule has 2 N–H and O–H groups in total. The summed E-state index contributed by atoms with van der Waals surface area (Å²) >= 11 is 0. The highest BCUT2D eigenvalue weighted by Gasteiger charge is 2.36. The van der Waals surface area contributed by atoms with Crippen molar-refractivity contribution >= 4 is 34.8 Å². The third kappa shape index (κ3) is 6.92. The lowest BCUT2D eigenvalue weighted by molar-refractivity contribution is -0.137. The first kappa shape index (κ1) is 33.5. The summed E-state index contributed by atoms with van der Waals surface area (Å²) in [5.74, 6) is 0.471. The zero-order valence-electron chi connectivity index (χ0n) is 26.9. The number of ether oxygens (including phenoxy) is 3. The van der Waals surface area contributed by atoms with Crippen LogP contribution in [-0.4, -0.2) is 80.7 Å². The van der Waals surface area contributed by atoms with Crippen LogP contribution in [0.3, 0.4) is 0 Å². The zero-order chi connectivity index (χ0) is 34.9. The van der Waals surface area contributed by atoms with E-state index in [4.69, 9.17) is 19.9 Å². The van der Waals surface area contributed by atoms with Gasteiger partial charge in [0.15, 0.2) is 11.5 Å². The zero-order valence-corrected chi connectivity index (χ0v) is 26.9. The van der Waals surface area contributed by atoms with Crippen LogP contribution in [0.4, 0.5) is 40.7 Å². The number of nitrogens with two attached hydrogens (primary N) is 1. The summed E-state index contributed by atoms with van der Waals surface area (Å²) in [6.07, 6.45) is -2.58. The summed E-state index contributed by atoms with van der Waals surface area (Å²) in [7, 11) is 4.56. The van der Waals surface area contributed by atoms with E-state index >= 15 is 0 Å². The summed E-state index contributed by atoms with van der Waals surface area (Å²) in [5.41, 5.74) is 8.19.